The third-order valence-electron chi connectivity index (χ3n) is 3.74. The average Bonchev–Trinajstić information content (AvgIpc) is 2.53. The lowest BCUT2D eigenvalue weighted by atomic mass is 9.88. The Hall–Kier alpha value is -2.03. The largest absolute Gasteiger partial charge is 0.409 e. The van der Waals surface area contributed by atoms with Gasteiger partial charge in [-0.15, -0.1) is 0 Å². The van der Waals surface area contributed by atoms with E-state index in [1.165, 1.54) is 30.4 Å². The van der Waals surface area contributed by atoms with Gasteiger partial charge >= 0.3 is 0 Å². The average molecular weight is 270 g/mol. The van der Waals surface area contributed by atoms with E-state index >= 15 is 0 Å². The van der Waals surface area contributed by atoms with Gasteiger partial charge in [0.05, 0.1) is 0 Å². The Morgan fingerprint density at radius 1 is 1.35 bits per heavy atom. The predicted octanol–water partition coefficient (Wildman–Crippen LogP) is 3.94. The monoisotopic (exact) mass is 270 g/mol. The molecule has 0 fully saturated rings. The molecule has 1 aromatic carbocycles. The molecule has 1 unspecified atom stereocenters. The third-order valence-corrected chi connectivity index (χ3v) is 3.74. The maximum absolute atomic E-state index is 8.65. The Balaban J connectivity index is 2.01. The van der Waals surface area contributed by atoms with Crippen LogP contribution in [0.25, 0.3) is 0 Å². The zero-order valence-corrected chi connectivity index (χ0v) is 11.9. The minimum absolute atomic E-state index is 0.150. The topological polar surface area (TPSA) is 58.6 Å². The van der Waals surface area contributed by atoms with E-state index in [0.717, 1.165) is 12.0 Å². The highest BCUT2D eigenvalue weighted by Crippen LogP contribution is 2.28. The number of oxime groups is 1. The summed E-state index contributed by atoms with van der Waals surface area (Å²) < 4.78 is 0. The fraction of sp³-hybridized carbons (Fsp3) is 0.353. The van der Waals surface area contributed by atoms with Crippen LogP contribution in [0.3, 0.4) is 0 Å². The molecule has 0 aromatic heterocycles. The van der Waals surface area contributed by atoms with Crippen molar-refractivity contribution in [2.75, 3.05) is 0 Å². The summed E-state index contributed by atoms with van der Waals surface area (Å²) in [7, 11) is 0. The molecule has 0 bridgehead atoms. The molecule has 1 aliphatic carbocycles. The molecule has 3 heteroatoms. The van der Waals surface area contributed by atoms with Crippen LogP contribution in [-0.2, 0) is 0 Å². The number of nitrogens with zero attached hydrogens (tertiary/aromatic N) is 1. The first-order valence-corrected chi connectivity index (χ1v) is 7.19. The van der Waals surface area contributed by atoms with E-state index in [9.17, 15) is 0 Å². The van der Waals surface area contributed by atoms with Crippen LogP contribution < -0.4 is 5.73 Å². The molecule has 1 aliphatic rings. The lowest BCUT2D eigenvalue weighted by Crippen LogP contribution is -2.13. The van der Waals surface area contributed by atoms with Crippen LogP contribution in [0.1, 0.15) is 49.7 Å². The predicted molar refractivity (Wildman–Crippen MR) is 83.1 cm³/mol. The maximum atomic E-state index is 8.65. The van der Waals surface area contributed by atoms with Gasteiger partial charge in [-0.1, -0.05) is 66.6 Å². The summed E-state index contributed by atoms with van der Waals surface area (Å²) in [5, 5.41) is 11.7. The van der Waals surface area contributed by atoms with Crippen LogP contribution >= 0.6 is 0 Å². The molecule has 0 saturated carbocycles. The van der Waals surface area contributed by atoms with Crippen molar-refractivity contribution in [2.45, 2.75) is 38.5 Å². The molecule has 0 spiro atoms. The highest BCUT2D eigenvalue weighted by atomic mass is 16.4. The number of amidine groups is 1. The van der Waals surface area contributed by atoms with E-state index in [2.05, 4.69) is 30.3 Å². The molecular formula is C17H22N2O. The number of allylic oxidation sites excluding steroid dienone is 4. The zero-order valence-electron chi connectivity index (χ0n) is 11.9. The lowest BCUT2D eigenvalue weighted by molar-refractivity contribution is 0.318. The van der Waals surface area contributed by atoms with E-state index < -0.39 is 0 Å². The molecule has 3 N–H and O–H groups in total. The van der Waals surface area contributed by atoms with E-state index in [-0.39, 0.29) is 5.84 Å². The fourth-order valence-corrected chi connectivity index (χ4v) is 2.44. The van der Waals surface area contributed by atoms with Crippen LogP contribution in [0.2, 0.25) is 0 Å². The van der Waals surface area contributed by atoms with Crippen molar-refractivity contribution in [1.82, 2.24) is 0 Å². The molecule has 20 heavy (non-hydrogen) atoms. The summed E-state index contributed by atoms with van der Waals surface area (Å²) in [4.78, 5) is 0. The highest BCUT2D eigenvalue weighted by molar-refractivity contribution is 5.96. The normalized spacial score (nSPS) is 18.9. The summed E-state index contributed by atoms with van der Waals surface area (Å²) in [6, 6.07) is 7.89. The van der Waals surface area contributed by atoms with Crippen molar-refractivity contribution in [3.8, 4) is 0 Å². The number of nitrogens with two attached hydrogens (primary N) is 1. The van der Waals surface area contributed by atoms with E-state index in [1.807, 2.05) is 24.3 Å². The SMILES string of the molecule is CCCCC1=CCC(c2ccc(/C(N)=N/O)cc2)C=C1. The summed E-state index contributed by atoms with van der Waals surface area (Å²) in [5.41, 5.74) is 9.03. The van der Waals surface area contributed by atoms with E-state index in [1.54, 1.807) is 0 Å². The van der Waals surface area contributed by atoms with E-state index in [0.29, 0.717) is 5.92 Å². The molecule has 0 amide bonds. The maximum Gasteiger partial charge on any atom is 0.170 e. The zero-order chi connectivity index (χ0) is 14.4. The minimum atomic E-state index is 0.150. The van der Waals surface area contributed by atoms with Crippen molar-refractivity contribution < 1.29 is 5.21 Å². The van der Waals surface area contributed by atoms with Gasteiger partial charge in [-0.05, 0) is 24.8 Å². The van der Waals surface area contributed by atoms with Crippen molar-refractivity contribution in [1.29, 1.82) is 0 Å². The molecule has 0 heterocycles. The van der Waals surface area contributed by atoms with Gasteiger partial charge in [-0.3, -0.25) is 0 Å². The van der Waals surface area contributed by atoms with Crippen LogP contribution in [0.15, 0.2) is 53.2 Å². The lowest BCUT2D eigenvalue weighted by Gasteiger charge is -2.17. The first-order chi connectivity index (χ1) is 9.74. The van der Waals surface area contributed by atoms with Crippen molar-refractivity contribution >= 4 is 5.84 Å². The van der Waals surface area contributed by atoms with Crippen molar-refractivity contribution in [3.63, 3.8) is 0 Å². The van der Waals surface area contributed by atoms with Crippen LogP contribution in [0, 0.1) is 0 Å². The number of unbranched alkanes of at least 4 members (excludes halogenated alkanes) is 1. The second kappa shape index (κ2) is 6.94. The van der Waals surface area contributed by atoms with Gasteiger partial charge in [0.2, 0.25) is 0 Å². The minimum Gasteiger partial charge on any atom is -0.409 e. The van der Waals surface area contributed by atoms with Crippen LogP contribution in [0.5, 0.6) is 0 Å². The Bertz CT molecular complexity index is 526. The van der Waals surface area contributed by atoms with Crippen molar-refractivity contribution in [2.24, 2.45) is 10.9 Å². The quantitative estimate of drug-likeness (QED) is 0.368. The number of rotatable bonds is 5. The fourth-order valence-electron chi connectivity index (χ4n) is 2.44. The Morgan fingerprint density at radius 2 is 2.10 bits per heavy atom. The van der Waals surface area contributed by atoms with Crippen molar-refractivity contribution in [3.05, 3.63) is 59.2 Å². The van der Waals surface area contributed by atoms with Gasteiger partial charge in [-0.25, -0.2) is 0 Å². The molecule has 0 aliphatic heterocycles. The standard InChI is InChI=1S/C17H22N2O/c1-2-3-4-13-5-7-14(8-6-13)15-9-11-16(12-10-15)17(18)19-20/h5-7,9-12,14,20H,2-4,8H2,1H3,(H2,18,19). The van der Waals surface area contributed by atoms with Gasteiger partial charge in [0.15, 0.2) is 5.84 Å². The van der Waals surface area contributed by atoms with E-state index in [4.69, 9.17) is 10.9 Å². The molecule has 0 saturated heterocycles. The van der Waals surface area contributed by atoms with Crippen LogP contribution in [0.4, 0.5) is 0 Å². The molecule has 106 valence electrons. The number of hydrogen-bond acceptors (Lipinski definition) is 2. The first-order valence-electron chi connectivity index (χ1n) is 7.19. The summed E-state index contributed by atoms with van der Waals surface area (Å²) in [6.45, 7) is 2.22. The molecule has 1 atom stereocenters. The second-order valence-corrected chi connectivity index (χ2v) is 5.19. The van der Waals surface area contributed by atoms with Gasteiger partial charge < -0.3 is 10.9 Å². The van der Waals surface area contributed by atoms with Gasteiger partial charge in [0.1, 0.15) is 0 Å². The molecule has 1 aromatic rings. The summed E-state index contributed by atoms with van der Waals surface area (Å²) >= 11 is 0. The number of benzene rings is 1. The molecule has 0 radical (unpaired) electrons. The molecule has 2 rings (SSSR count). The second-order valence-electron chi connectivity index (χ2n) is 5.19. The highest BCUT2D eigenvalue weighted by Gasteiger charge is 2.11. The molecular weight excluding hydrogens is 248 g/mol. The van der Waals surface area contributed by atoms with Gasteiger partial charge in [-0.2, -0.15) is 0 Å². The van der Waals surface area contributed by atoms with Crippen LogP contribution in [-0.4, -0.2) is 11.0 Å². The summed E-state index contributed by atoms with van der Waals surface area (Å²) in [5.74, 6) is 0.583. The third kappa shape index (κ3) is 3.50. The number of hydrogen-bond donors (Lipinski definition) is 2. The summed E-state index contributed by atoms with van der Waals surface area (Å²) in [6.07, 6.45) is 11.6. The Kier molecular flexibility index (Phi) is 4.99. The van der Waals surface area contributed by atoms with Gasteiger partial charge in [0, 0.05) is 11.5 Å². The Labute approximate surface area is 120 Å². The first kappa shape index (κ1) is 14.4. The smallest absolute Gasteiger partial charge is 0.170 e. The Morgan fingerprint density at radius 3 is 2.65 bits per heavy atom. The molecule has 3 nitrogen and oxygen atoms in total. The van der Waals surface area contributed by atoms with Gasteiger partial charge in [0.25, 0.3) is 0 Å².